The van der Waals surface area contributed by atoms with Crippen LogP contribution in [-0.2, 0) is 24.8 Å². The van der Waals surface area contributed by atoms with Crippen LogP contribution in [0.2, 0.25) is 0 Å². The molecule has 1 saturated heterocycles. The van der Waals surface area contributed by atoms with Crippen LogP contribution in [0, 0.1) is 5.82 Å². The summed E-state index contributed by atoms with van der Waals surface area (Å²) < 4.78 is 64.0. The second-order valence-electron chi connectivity index (χ2n) is 5.80. The highest BCUT2D eigenvalue weighted by molar-refractivity contribution is 7.89. The van der Waals surface area contributed by atoms with Crippen molar-refractivity contribution in [3.8, 4) is 0 Å². The van der Waals surface area contributed by atoms with Crippen LogP contribution in [0.3, 0.4) is 0 Å². The molecule has 1 N–H and O–H groups in total. The normalized spacial score (nSPS) is 18.1. The lowest BCUT2D eigenvalue weighted by molar-refractivity contribution is -0.133. The van der Waals surface area contributed by atoms with E-state index in [1.54, 1.807) is 0 Å². The van der Waals surface area contributed by atoms with Crippen molar-refractivity contribution in [1.82, 2.24) is 13.9 Å². The molecule has 1 aromatic rings. The molecule has 1 heterocycles. The lowest BCUT2D eigenvalue weighted by atomic mass is 10.2. The van der Waals surface area contributed by atoms with Crippen LogP contribution in [0.15, 0.2) is 29.2 Å². The minimum atomic E-state index is -3.84. The summed E-state index contributed by atoms with van der Waals surface area (Å²) in [6.07, 6.45) is 0.959. The molecule has 1 aliphatic rings. The van der Waals surface area contributed by atoms with Gasteiger partial charge in [0.2, 0.25) is 26.0 Å². The van der Waals surface area contributed by atoms with Crippen molar-refractivity contribution in [3.05, 3.63) is 30.1 Å². The largest absolute Gasteiger partial charge is 0.339 e. The van der Waals surface area contributed by atoms with Gasteiger partial charge >= 0.3 is 0 Å². The third-order valence-corrected chi connectivity index (χ3v) is 6.42. The number of sulfonamides is 2. The maximum absolute atomic E-state index is 13.3. The van der Waals surface area contributed by atoms with Gasteiger partial charge in [-0.3, -0.25) is 4.79 Å². The molecular formula is C14H20FN3O5S2. The third-order valence-electron chi connectivity index (χ3n) is 3.75. The fourth-order valence-electron chi connectivity index (χ4n) is 2.57. The molecule has 0 unspecified atom stereocenters. The fourth-order valence-corrected chi connectivity index (χ4v) is 4.77. The molecule has 1 aliphatic heterocycles. The van der Waals surface area contributed by atoms with Crippen LogP contribution in [0.25, 0.3) is 0 Å². The van der Waals surface area contributed by atoms with Crippen molar-refractivity contribution < 1.29 is 26.0 Å². The molecule has 1 aromatic carbocycles. The number of amides is 1. The standard InChI is InChI=1S/C14H20FN3O5S2/c1-11(16-24(2,20)21)14(19)17-6-8-18(9-7-17)25(22,23)13-5-3-4-12(15)10-13/h3-5,10-11,16H,6-9H2,1-2H3/t11-/m0/s1. The highest BCUT2D eigenvalue weighted by Crippen LogP contribution is 2.18. The Morgan fingerprint density at radius 1 is 1.16 bits per heavy atom. The van der Waals surface area contributed by atoms with Crippen LogP contribution < -0.4 is 4.72 Å². The number of benzene rings is 1. The first-order valence-corrected chi connectivity index (χ1v) is 10.9. The average Bonchev–Trinajstić information content (AvgIpc) is 2.52. The number of carbonyl (C=O) groups is 1. The molecule has 2 rings (SSSR count). The van der Waals surface area contributed by atoms with Gasteiger partial charge in [0.25, 0.3) is 0 Å². The number of hydrogen-bond acceptors (Lipinski definition) is 5. The molecule has 8 nitrogen and oxygen atoms in total. The summed E-state index contributed by atoms with van der Waals surface area (Å²) in [4.78, 5) is 13.5. The van der Waals surface area contributed by atoms with Gasteiger partial charge in [-0.1, -0.05) is 6.07 Å². The molecule has 0 aliphatic carbocycles. The Morgan fingerprint density at radius 2 is 1.76 bits per heavy atom. The van der Waals surface area contributed by atoms with Gasteiger partial charge in [0.1, 0.15) is 5.82 Å². The van der Waals surface area contributed by atoms with Gasteiger partial charge in [-0.2, -0.15) is 4.31 Å². The first-order chi connectivity index (χ1) is 11.5. The smallest absolute Gasteiger partial charge is 0.243 e. The van der Waals surface area contributed by atoms with Gasteiger partial charge < -0.3 is 4.90 Å². The molecule has 0 spiro atoms. The van der Waals surface area contributed by atoms with Crippen molar-refractivity contribution in [2.75, 3.05) is 32.4 Å². The summed E-state index contributed by atoms with van der Waals surface area (Å²) in [5, 5.41) is 0. The van der Waals surface area contributed by atoms with Crippen molar-refractivity contribution in [3.63, 3.8) is 0 Å². The van der Waals surface area contributed by atoms with E-state index in [1.165, 1.54) is 28.3 Å². The molecule has 1 fully saturated rings. The maximum Gasteiger partial charge on any atom is 0.243 e. The van der Waals surface area contributed by atoms with Crippen LogP contribution in [0.1, 0.15) is 6.92 Å². The van der Waals surface area contributed by atoms with Crippen LogP contribution >= 0.6 is 0 Å². The molecule has 25 heavy (non-hydrogen) atoms. The van der Waals surface area contributed by atoms with Crippen LogP contribution in [0.5, 0.6) is 0 Å². The van der Waals surface area contributed by atoms with E-state index >= 15 is 0 Å². The lowest BCUT2D eigenvalue weighted by Crippen LogP contribution is -2.54. The average molecular weight is 393 g/mol. The predicted molar refractivity (Wildman–Crippen MR) is 89.2 cm³/mol. The summed E-state index contributed by atoms with van der Waals surface area (Å²) in [5.74, 6) is -1.07. The maximum atomic E-state index is 13.3. The SMILES string of the molecule is C[C@H](NS(C)(=O)=O)C(=O)N1CCN(S(=O)(=O)c2cccc(F)c2)CC1. The minimum absolute atomic E-state index is 0.0518. The van der Waals surface area contributed by atoms with Crippen molar-refractivity contribution in [2.45, 2.75) is 17.9 Å². The predicted octanol–water partition coefficient (Wildman–Crippen LogP) is -0.404. The quantitative estimate of drug-likeness (QED) is 0.733. The molecule has 0 bridgehead atoms. The van der Waals surface area contributed by atoms with E-state index in [4.69, 9.17) is 0 Å². The molecule has 0 radical (unpaired) electrons. The molecule has 1 amide bonds. The van der Waals surface area contributed by atoms with E-state index in [0.29, 0.717) is 0 Å². The molecule has 0 saturated carbocycles. The summed E-state index contributed by atoms with van der Waals surface area (Å²) in [5.41, 5.74) is 0. The van der Waals surface area contributed by atoms with Crippen LogP contribution in [0.4, 0.5) is 4.39 Å². The highest BCUT2D eigenvalue weighted by Gasteiger charge is 2.32. The summed E-state index contributed by atoms with van der Waals surface area (Å²) in [6.45, 7) is 1.79. The molecule has 140 valence electrons. The van der Waals surface area contributed by atoms with Gasteiger partial charge in [0.05, 0.1) is 17.2 Å². The number of nitrogens with zero attached hydrogens (tertiary/aromatic N) is 2. The summed E-state index contributed by atoms with van der Waals surface area (Å²) in [7, 11) is -7.36. The van der Waals surface area contributed by atoms with Crippen molar-refractivity contribution in [2.24, 2.45) is 0 Å². The first kappa shape index (κ1) is 19.8. The summed E-state index contributed by atoms with van der Waals surface area (Å²) >= 11 is 0. The lowest BCUT2D eigenvalue weighted by Gasteiger charge is -2.35. The second kappa shape index (κ2) is 7.36. The number of rotatable bonds is 5. The Morgan fingerprint density at radius 3 is 2.28 bits per heavy atom. The Bertz CT molecular complexity index is 849. The monoisotopic (exact) mass is 393 g/mol. The number of halogens is 1. The van der Waals surface area contributed by atoms with Gasteiger partial charge in [-0.05, 0) is 25.1 Å². The first-order valence-electron chi connectivity index (χ1n) is 7.52. The number of nitrogens with one attached hydrogen (secondary N) is 1. The van der Waals surface area contributed by atoms with Gasteiger partial charge in [-0.25, -0.2) is 25.9 Å². The van der Waals surface area contributed by atoms with E-state index in [1.807, 2.05) is 0 Å². The van der Waals surface area contributed by atoms with Gasteiger partial charge in [0.15, 0.2) is 0 Å². The third kappa shape index (κ3) is 4.97. The molecule has 1 atom stereocenters. The Kier molecular flexibility index (Phi) is 5.82. The zero-order valence-corrected chi connectivity index (χ0v) is 15.5. The van der Waals surface area contributed by atoms with E-state index in [9.17, 15) is 26.0 Å². The fraction of sp³-hybridized carbons (Fsp3) is 0.500. The Balaban J connectivity index is 2.03. The molecule has 0 aromatic heterocycles. The highest BCUT2D eigenvalue weighted by atomic mass is 32.2. The van der Waals surface area contributed by atoms with E-state index in [-0.39, 0.29) is 31.1 Å². The number of hydrogen-bond donors (Lipinski definition) is 1. The van der Waals surface area contributed by atoms with E-state index in [2.05, 4.69) is 4.72 Å². The number of piperazine rings is 1. The molecular weight excluding hydrogens is 373 g/mol. The van der Waals surface area contributed by atoms with Crippen LogP contribution in [-0.4, -0.2) is 70.4 Å². The Labute approximate surface area is 146 Å². The minimum Gasteiger partial charge on any atom is -0.339 e. The zero-order chi connectivity index (χ0) is 18.8. The molecule has 11 heteroatoms. The second-order valence-corrected chi connectivity index (χ2v) is 9.52. The number of carbonyl (C=O) groups excluding carboxylic acids is 1. The Hall–Kier alpha value is -1.56. The van der Waals surface area contributed by atoms with E-state index in [0.717, 1.165) is 18.4 Å². The topological polar surface area (TPSA) is 104 Å². The summed E-state index contributed by atoms with van der Waals surface area (Å²) in [6, 6.07) is 3.81. The van der Waals surface area contributed by atoms with Crippen molar-refractivity contribution >= 4 is 26.0 Å². The van der Waals surface area contributed by atoms with E-state index < -0.39 is 37.8 Å². The van der Waals surface area contributed by atoms with Gasteiger partial charge in [-0.15, -0.1) is 0 Å². The zero-order valence-electron chi connectivity index (χ0n) is 13.8. The van der Waals surface area contributed by atoms with Crippen molar-refractivity contribution in [1.29, 1.82) is 0 Å². The van der Waals surface area contributed by atoms with Gasteiger partial charge in [0, 0.05) is 26.2 Å².